The first-order valence-corrected chi connectivity index (χ1v) is 15.0. The highest BCUT2D eigenvalue weighted by atomic mass is 16.5. The van der Waals surface area contributed by atoms with E-state index in [-0.39, 0.29) is 0 Å². The molecular weight excluding hydrogens is 482 g/mol. The first-order valence-electron chi connectivity index (χ1n) is 15.0. The molecule has 1 saturated heterocycles. The van der Waals surface area contributed by atoms with E-state index in [4.69, 9.17) is 9.72 Å². The van der Waals surface area contributed by atoms with Crippen LogP contribution in [-0.2, 0) is 12.8 Å². The van der Waals surface area contributed by atoms with Crippen LogP contribution >= 0.6 is 0 Å². The van der Waals surface area contributed by atoms with E-state index < -0.39 is 0 Å². The minimum absolute atomic E-state index is 0.299. The maximum absolute atomic E-state index is 6.51. The molecule has 202 valence electrons. The topological polar surface area (TPSA) is 55.2 Å². The Morgan fingerprint density at radius 2 is 1.64 bits per heavy atom. The number of ether oxygens (including phenoxy) is 1. The van der Waals surface area contributed by atoms with Gasteiger partial charge in [0.25, 0.3) is 0 Å². The minimum atomic E-state index is 0.299. The number of anilines is 2. The van der Waals surface area contributed by atoms with Crippen molar-refractivity contribution >= 4 is 22.7 Å². The molecule has 1 unspecified atom stereocenters. The lowest BCUT2D eigenvalue weighted by Gasteiger charge is -2.25. The van der Waals surface area contributed by atoms with Gasteiger partial charge >= 0.3 is 0 Å². The molecule has 1 atom stereocenters. The van der Waals surface area contributed by atoms with E-state index in [9.17, 15) is 0 Å². The molecule has 4 aromatic rings. The van der Waals surface area contributed by atoms with Gasteiger partial charge in [-0.15, -0.1) is 0 Å². The van der Waals surface area contributed by atoms with Crippen LogP contribution in [0.25, 0.3) is 16.7 Å². The van der Waals surface area contributed by atoms with Crippen molar-refractivity contribution in [3.8, 4) is 11.4 Å². The summed E-state index contributed by atoms with van der Waals surface area (Å²) in [5, 5.41) is 4.52. The third-order valence-corrected chi connectivity index (χ3v) is 9.01. The van der Waals surface area contributed by atoms with Crippen LogP contribution in [0.5, 0.6) is 5.75 Å². The molecule has 6 heteroatoms. The number of nitrogens with one attached hydrogen (secondary N) is 1. The van der Waals surface area contributed by atoms with Gasteiger partial charge in [0.2, 0.25) is 5.95 Å². The average molecular weight is 522 g/mol. The molecule has 0 amide bonds. The molecular formula is C33H39N5O. The van der Waals surface area contributed by atoms with E-state index >= 15 is 0 Å². The molecule has 6 nitrogen and oxygen atoms in total. The highest BCUT2D eigenvalue weighted by molar-refractivity contribution is 5.79. The number of likely N-dealkylation sites (tertiary alicyclic amines) is 1. The summed E-state index contributed by atoms with van der Waals surface area (Å²) < 4.78 is 8.64. The molecule has 0 radical (unpaired) electrons. The van der Waals surface area contributed by atoms with Gasteiger partial charge in [0.15, 0.2) is 0 Å². The maximum atomic E-state index is 6.51. The smallest absolute Gasteiger partial charge is 0.229 e. The lowest BCUT2D eigenvalue weighted by molar-refractivity contribution is 0.155. The fourth-order valence-corrected chi connectivity index (χ4v) is 6.86. The molecule has 2 aromatic carbocycles. The highest BCUT2D eigenvalue weighted by Gasteiger charge is 2.24. The number of benzene rings is 2. The largest absolute Gasteiger partial charge is 0.488 e. The third kappa shape index (κ3) is 5.27. The van der Waals surface area contributed by atoms with Gasteiger partial charge in [0.1, 0.15) is 11.4 Å². The monoisotopic (exact) mass is 521 g/mol. The van der Waals surface area contributed by atoms with Crippen molar-refractivity contribution in [2.75, 3.05) is 18.4 Å². The Bertz CT molecular complexity index is 1430. The SMILES string of the molecule is c1ccc(-n2ccc3cnc(Nc4ccc5c(c4)CCC(N4CCCC4)CC5)nc32)c(OC2CCCCC2)c1. The third-order valence-electron chi connectivity index (χ3n) is 9.01. The standard InChI is InChI=1S/C33H39N5O/c1-2-8-29(9-3-1)39-31-11-5-4-10-30(31)38-21-18-26-23-34-33(36-32(26)38)35-27-15-12-24-13-16-28(17-14-25(24)22-27)37-19-6-7-20-37/h4-5,10-12,15,18,21-23,28-29H,1-3,6-9,13-14,16-17,19-20H2,(H,34,35,36). The van der Waals surface area contributed by atoms with E-state index in [1.165, 1.54) is 75.6 Å². The Labute approximate surface area is 231 Å². The molecule has 0 bridgehead atoms. The van der Waals surface area contributed by atoms with Crippen LogP contribution in [0.15, 0.2) is 60.9 Å². The Morgan fingerprint density at radius 3 is 2.51 bits per heavy atom. The van der Waals surface area contributed by atoms with Crippen molar-refractivity contribution in [3.63, 3.8) is 0 Å². The van der Waals surface area contributed by atoms with E-state index in [0.717, 1.165) is 53.5 Å². The molecule has 1 N–H and O–H groups in total. The fraction of sp³-hybridized carbons (Fsp3) is 0.455. The van der Waals surface area contributed by atoms with Crippen LogP contribution in [0.3, 0.4) is 0 Å². The van der Waals surface area contributed by atoms with E-state index in [2.05, 4.69) is 74.5 Å². The van der Waals surface area contributed by atoms with Crippen molar-refractivity contribution in [1.82, 2.24) is 19.4 Å². The van der Waals surface area contributed by atoms with Gasteiger partial charge in [0.05, 0.1) is 11.8 Å². The average Bonchev–Trinajstić information content (AvgIpc) is 3.61. The Morgan fingerprint density at radius 1 is 0.821 bits per heavy atom. The number of fused-ring (bicyclic) bond motifs is 2. The van der Waals surface area contributed by atoms with Crippen molar-refractivity contribution in [2.45, 2.75) is 82.8 Å². The van der Waals surface area contributed by atoms with Crippen molar-refractivity contribution in [3.05, 3.63) is 72.1 Å². The van der Waals surface area contributed by atoms with Crippen LogP contribution in [0.1, 0.15) is 68.9 Å². The second-order valence-corrected chi connectivity index (χ2v) is 11.6. The molecule has 1 saturated carbocycles. The van der Waals surface area contributed by atoms with Crippen LogP contribution in [0, 0.1) is 0 Å². The van der Waals surface area contributed by atoms with E-state index in [1.54, 1.807) is 0 Å². The molecule has 3 heterocycles. The number of aromatic nitrogens is 3. The number of nitrogens with zero attached hydrogens (tertiary/aromatic N) is 4. The van der Waals surface area contributed by atoms with Crippen LogP contribution < -0.4 is 10.1 Å². The predicted octanol–water partition coefficient (Wildman–Crippen LogP) is 7.22. The summed E-state index contributed by atoms with van der Waals surface area (Å²) in [5.41, 5.74) is 5.95. The number of rotatable bonds is 6. The molecule has 2 aromatic heterocycles. The summed E-state index contributed by atoms with van der Waals surface area (Å²) in [6.45, 7) is 2.57. The van der Waals surface area contributed by atoms with Gasteiger partial charge in [-0.25, -0.2) is 4.98 Å². The van der Waals surface area contributed by atoms with Crippen molar-refractivity contribution in [1.29, 1.82) is 0 Å². The molecule has 2 aliphatic carbocycles. The normalized spacial score (nSPS) is 20.6. The van der Waals surface area contributed by atoms with E-state index in [1.807, 2.05) is 6.20 Å². The number of hydrogen-bond donors (Lipinski definition) is 1. The zero-order valence-corrected chi connectivity index (χ0v) is 22.8. The van der Waals surface area contributed by atoms with E-state index in [0.29, 0.717) is 12.1 Å². The van der Waals surface area contributed by atoms with Gasteiger partial charge in [-0.3, -0.25) is 4.57 Å². The van der Waals surface area contributed by atoms with Crippen LogP contribution in [-0.4, -0.2) is 44.7 Å². The second-order valence-electron chi connectivity index (χ2n) is 11.6. The molecule has 0 spiro atoms. The summed E-state index contributed by atoms with van der Waals surface area (Å²) in [4.78, 5) is 12.3. The predicted molar refractivity (Wildman–Crippen MR) is 157 cm³/mol. The first kappa shape index (κ1) is 24.6. The Balaban J connectivity index is 1.12. The van der Waals surface area contributed by atoms with Crippen molar-refractivity contribution < 1.29 is 4.74 Å². The zero-order chi connectivity index (χ0) is 26.0. The highest BCUT2D eigenvalue weighted by Crippen LogP contribution is 2.32. The second kappa shape index (κ2) is 11.0. The van der Waals surface area contributed by atoms with Gasteiger partial charge in [0, 0.05) is 29.5 Å². The Kier molecular flexibility index (Phi) is 6.96. The number of para-hydroxylation sites is 2. The lowest BCUT2D eigenvalue weighted by atomic mass is 9.98. The molecule has 7 rings (SSSR count). The van der Waals surface area contributed by atoms with Gasteiger partial charge in [-0.1, -0.05) is 24.6 Å². The van der Waals surface area contributed by atoms with Crippen LogP contribution in [0.4, 0.5) is 11.6 Å². The van der Waals surface area contributed by atoms with Crippen LogP contribution in [0.2, 0.25) is 0 Å². The Hall–Kier alpha value is -3.38. The molecule has 3 aliphatic rings. The quantitative estimate of drug-likeness (QED) is 0.272. The number of aryl methyl sites for hydroxylation is 2. The van der Waals surface area contributed by atoms with Gasteiger partial charge in [-0.05, 0) is 119 Å². The summed E-state index contributed by atoms with van der Waals surface area (Å²) in [6, 6.07) is 18.0. The van der Waals surface area contributed by atoms with Crippen molar-refractivity contribution in [2.24, 2.45) is 0 Å². The first-order chi connectivity index (χ1) is 19.3. The van der Waals surface area contributed by atoms with Gasteiger partial charge < -0.3 is 15.0 Å². The lowest BCUT2D eigenvalue weighted by Crippen LogP contribution is -2.32. The summed E-state index contributed by atoms with van der Waals surface area (Å²) in [6.07, 6.45) is 18.0. The molecule has 1 aliphatic heterocycles. The minimum Gasteiger partial charge on any atom is -0.488 e. The number of hydrogen-bond acceptors (Lipinski definition) is 5. The summed E-state index contributed by atoms with van der Waals surface area (Å²) in [5.74, 6) is 1.55. The van der Waals surface area contributed by atoms with Gasteiger partial charge in [-0.2, -0.15) is 4.98 Å². The maximum Gasteiger partial charge on any atom is 0.229 e. The summed E-state index contributed by atoms with van der Waals surface area (Å²) in [7, 11) is 0. The zero-order valence-electron chi connectivity index (χ0n) is 22.8. The fourth-order valence-electron chi connectivity index (χ4n) is 6.86. The molecule has 2 fully saturated rings. The molecule has 39 heavy (non-hydrogen) atoms. The summed E-state index contributed by atoms with van der Waals surface area (Å²) >= 11 is 0.